The Morgan fingerprint density at radius 1 is 1.08 bits per heavy atom. The smallest absolute Gasteiger partial charge is 0.251 e. The molecule has 1 aliphatic rings. The molecule has 24 heavy (non-hydrogen) atoms. The van der Waals surface area contributed by atoms with Crippen molar-refractivity contribution in [3.05, 3.63) is 65.7 Å². The molecule has 0 aromatic heterocycles. The Labute approximate surface area is 142 Å². The van der Waals surface area contributed by atoms with Crippen LogP contribution in [0.15, 0.2) is 54.6 Å². The Morgan fingerprint density at radius 2 is 1.83 bits per heavy atom. The minimum atomic E-state index is -0.199. The summed E-state index contributed by atoms with van der Waals surface area (Å²) >= 11 is 0. The molecule has 0 aliphatic heterocycles. The maximum Gasteiger partial charge on any atom is 0.251 e. The third kappa shape index (κ3) is 4.02. The van der Waals surface area contributed by atoms with Crippen LogP contribution in [0.2, 0.25) is 0 Å². The number of hydrogen-bond donors (Lipinski definition) is 2. The maximum absolute atomic E-state index is 12.6. The number of anilines is 1. The van der Waals surface area contributed by atoms with Crippen molar-refractivity contribution in [2.45, 2.75) is 38.1 Å². The Bertz CT molecular complexity index is 723. The van der Waals surface area contributed by atoms with E-state index in [9.17, 15) is 9.59 Å². The van der Waals surface area contributed by atoms with Crippen molar-refractivity contribution in [2.24, 2.45) is 0 Å². The fraction of sp³-hybridized carbons (Fsp3) is 0.300. The number of amides is 2. The van der Waals surface area contributed by atoms with Gasteiger partial charge in [-0.1, -0.05) is 43.3 Å². The minimum absolute atomic E-state index is 0.0524. The number of carbonyl (C=O) groups excluding carboxylic acids is 2. The molecule has 0 saturated heterocycles. The molecule has 0 spiro atoms. The van der Waals surface area contributed by atoms with E-state index in [2.05, 4.69) is 10.6 Å². The van der Waals surface area contributed by atoms with Crippen LogP contribution in [0.5, 0.6) is 0 Å². The van der Waals surface area contributed by atoms with Gasteiger partial charge in [0.05, 0.1) is 5.92 Å². The lowest BCUT2D eigenvalue weighted by atomic mass is 9.95. The van der Waals surface area contributed by atoms with E-state index in [1.807, 2.05) is 43.3 Å². The molecule has 2 aromatic rings. The first-order chi connectivity index (χ1) is 11.7. The Hall–Kier alpha value is -2.62. The van der Waals surface area contributed by atoms with Gasteiger partial charge in [-0.3, -0.25) is 9.59 Å². The van der Waals surface area contributed by atoms with Crippen LogP contribution in [0.3, 0.4) is 0 Å². The van der Waals surface area contributed by atoms with E-state index in [0.29, 0.717) is 17.3 Å². The van der Waals surface area contributed by atoms with E-state index in [1.54, 1.807) is 18.2 Å². The Kier molecular flexibility index (Phi) is 4.94. The van der Waals surface area contributed by atoms with Crippen LogP contribution in [-0.4, -0.2) is 17.9 Å². The van der Waals surface area contributed by atoms with Crippen molar-refractivity contribution in [2.75, 3.05) is 5.32 Å². The highest BCUT2D eigenvalue weighted by Gasteiger charge is 2.24. The molecule has 2 amide bonds. The van der Waals surface area contributed by atoms with E-state index < -0.39 is 0 Å². The monoisotopic (exact) mass is 322 g/mol. The van der Waals surface area contributed by atoms with Gasteiger partial charge >= 0.3 is 0 Å². The molecule has 1 fully saturated rings. The summed E-state index contributed by atoms with van der Waals surface area (Å²) in [4.78, 5) is 24.7. The molecule has 0 bridgehead atoms. The molecule has 4 nitrogen and oxygen atoms in total. The van der Waals surface area contributed by atoms with Crippen LogP contribution in [0.25, 0.3) is 0 Å². The predicted molar refractivity (Wildman–Crippen MR) is 95.0 cm³/mol. The quantitative estimate of drug-likeness (QED) is 0.852. The van der Waals surface area contributed by atoms with E-state index in [0.717, 1.165) is 24.8 Å². The van der Waals surface area contributed by atoms with Crippen molar-refractivity contribution in [3.8, 4) is 0 Å². The third-order valence-corrected chi connectivity index (χ3v) is 4.23. The molecular weight excluding hydrogens is 300 g/mol. The van der Waals surface area contributed by atoms with Gasteiger partial charge in [-0.25, -0.2) is 0 Å². The highest BCUT2D eigenvalue weighted by molar-refractivity contribution is 5.99. The van der Waals surface area contributed by atoms with Gasteiger partial charge in [-0.05, 0) is 43.0 Å². The van der Waals surface area contributed by atoms with Crippen molar-refractivity contribution in [3.63, 3.8) is 0 Å². The van der Waals surface area contributed by atoms with Crippen molar-refractivity contribution in [1.29, 1.82) is 0 Å². The first kappa shape index (κ1) is 16.2. The molecule has 2 N–H and O–H groups in total. The van der Waals surface area contributed by atoms with Gasteiger partial charge in [0.1, 0.15) is 0 Å². The van der Waals surface area contributed by atoms with Crippen molar-refractivity contribution < 1.29 is 9.59 Å². The summed E-state index contributed by atoms with van der Waals surface area (Å²) in [6.07, 6.45) is 2.83. The fourth-order valence-electron chi connectivity index (χ4n) is 2.72. The molecule has 0 unspecified atom stereocenters. The molecule has 2 aromatic carbocycles. The average molecular weight is 322 g/mol. The zero-order valence-electron chi connectivity index (χ0n) is 13.8. The second kappa shape index (κ2) is 7.30. The van der Waals surface area contributed by atoms with Gasteiger partial charge in [0.25, 0.3) is 5.91 Å². The number of nitrogens with one attached hydrogen (secondary N) is 2. The van der Waals surface area contributed by atoms with Gasteiger partial charge in [0, 0.05) is 17.3 Å². The van der Waals surface area contributed by atoms with Gasteiger partial charge in [-0.15, -0.1) is 0 Å². The van der Waals surface area contributed by atoms with Crippen LogP contribution in [0.4, 0.5) is 5.69 Å². The lowest BCUT2D eigenvalue weighted by Crippen LogP contribution is -2.25. The lowest BCUT2D eigenvalue weighted by molar-refractivity contribution is -0.117. The second-order valence-corrected chi connectivity index (χ2v) is 6.19. The second-order valence-electron chi connectivity index (χ2n) is 6.19. The van der Waals surface area contributed by atoms with Crippen molar-refractivity contribution in [1.82, 2.24) is 5.32 Å². The molecule has 124 valence electrons. The minimum Gasteiger partial charge on any atom is -0.349 e. The molecule has 0 radical (unpaired) electrons. The van der Waals surface area contributed by atoms with Gasteiger partial charge in [0.15, 0.2) is 0 Å². The molecule has 1 atom stereocenters. The SMILES string of the molecule is CC[C@@H](C(=O)Nc1cccc(C(=O)NC2CC2)c1)c1ccccc1. The zero-order chi connectivity index (χ0) is 16.9. The number of rotatable bonds is 6. The summed E-state index contributed by atoms with van der Waals surface area (Å²) in [6.45, 7) is 2.00. The summed E-state index contributed by atoms with van der Waals surface area (Å²) in [6, 6.07) is 17.2. The van der Waals surface area contributed by atoms with E-state index >= 15 is 0 Å². The number of benzene rings is 2. The molecule has 3 rings (SSSR count). The Morgan fingerprint density at radius 3 is 2.50 bits per heavy atom. The number of carbonyl (C=O) groups is 2. The van der Waals surface area contributed by atoms with Gasteiger partial charge in [0.2, 0.25) is 5.91 Å². The predicted octanol–water partition coefficient (Wildman–Crippen LogP) is 3.71. The highest BCUT2D eigenvalue weighted by atomic mass is 16.2. The first-order valence-electron chi connectivity index (χ1n) is 8.44. The molecule has 1 aliphatic carbocycles. The molecule has 4 heteroatoms. The van der Waals surface area contributed by atoms with Crippen LogP contribution >= 0.6 is 0 Å². The Balaban J connectivity index is 1.70. The largest absolute Gasteiger partial charge is 0.349 e. The standard InChI is InChI=1S/C20H22N2O2/c1-2-18(14-7-4-3-5-8-14)20(24)22-17-10-6-9-15(13-17)19(23)21-16-11-12-16/h3-10,13,16,18H,2,11-12H2,1H3,(H,21,23)(H,22,24)/t18-/m1/s1. The van der Waals surface area contributed by atoms with Crippen LogP contribution in [-0.2, 0) is 4.79 Å². The summed E-state index contributed by atoms with van der Waals surface area (Å²) < 4.78 is 0. The van der Waals surface area contributed by atoms with E-state index in [1.165, 1.54) is 0 Å². The lowest BCUT2D eigenvalue weighted by Gasteiger charge is -2.16. The third-order valence-electron chi connectivity index (χ3n) is 4.23. The van der Waals surface area contributed by atoms with Gasteiger partial charge < -0.3 is 10.6 Å². The summed E-state index contributed by atoms with van der Waals surface area (Å²) in [5, 5.41) is 5.90. The highest BCUT2D eigenvalue weighted by Crippen LogP contribution is 2.23. The fourth-order valence-corrected chi connectivity index (χ4v) is 2.72. The van der Waals surface area contributed by atoms with Crippen molar-refractivity contribution >= 4 is 17.5 Å². The average Bonchev–Trinajstić information content (AvgIpc) is 3.41. The zero-order valence-corrected chi connectivity index (χ0v) is 13.8. The number of hydrogen-bond acceptors (Lipinski definition) is 2. The van der Waals surface area contributed by atoms with Gasteiger partial charge in [-0.2, -0.15) is 0 Å². The molecule has 0 heterocycles. The summed E-state index contributed by atoms with van der Waals surface area (Å²) in [5.41, 5.74) is 2.23. The summed E-state index contributed by atoms with van der Waals surface area (Å²) in [5.74, 6) is -0.331. The van der Waals surface area contributed by atoms with Crippen LogP contribution < -0.4 is 10.6 Å². The molecular formula is C20H22N2O2. The summed E-state index contributed by atoms with van der Waals surface area (Å²) in [7, 11) is 0. The normalized spacial score (nSPS) is 14.7. The maximum atomic E-state index is 12.6. The van der Waals surface area contributed by atoms with E-state index in [4.69, 9.17) is 0 Å². The van der Waals surface area contributed by atoms with Crippen LogP contribution in [0, 0.1) is 0 Å². The van der Waals surface area contributed by atoms with Crippen LogP contribution in [0.1, 0.15) is 48.0 Å². The van der Waals surface area contributed by atoms with E-state index in [-0.39, 0.29) is 17.7 Å². The molecule has 1 saturated carbocycles. The topological polar surface area (TPSA) is 58.2 Å². The first-order valence-corrected chi connectivity index (χ1v) is 8.44.